The second-order valence-electron chi connectivity index (χ2n) is 9.14. The number of piperidine rings is 1. The summed E-state index contributed by atoms with van der Waals surface area (Å²) in [6, 6.07) is 4.56. The van der Waals surface area contributed by atoms with E-state index >= 15 is 0 Å². The van der Waals surface area contributed by atoms with Crippen molar-refractivity contribution >= 4 is 5.52 Å². The lowest BCUT2D eigenvalue weighted by molar-refractivity contribution is -0.137. The summed E-state index contributed by atoms with van der Waals surface area (Å²) in [6.45, 7) is 2.46. The van der Waals surface area contributed by atoms with E-state index in [4.69, 9.17) is 10.00 Å². The lowest BCUT2D eigenvalue weighted by atomic mass is 10.0. The van der Waals surface area contributed by atoms with Gasteiger partial charge in [-0.25, -0.2) is 9.20 Å². The van der Waals surface area contributed by atoms with Gasteiger partial charge in [-0.15, -0.1) is 5.10 Å². The van der Waals surface area contributed by atoms with Gasteiger partial charge in [0, 0.05) is 42.8 Å². The van der Waals surface area contributed by atoms with Crippen LogP contribution in [0.1, 0.15) is 47.4 Å². The third-order valence-corrected chi connectivity index (χ3v) is 6.74. The Hall–Kier alpha value is -4.69. The molecule has 200 valence electrons. The Bertz CT molecular complexity index is 1590. The zero-order chi connectivity index (χ0) is 27.7. The van der Waals surface area contributed by atoms with E-state index in [9.17, 15) is 23.5 Å². The normalized spacial score (nSPS) is 15.2. The molecule has 1 N–H and O–H groups in total. The van der Waals surface area contributed by atoms with Gasteiger partial charge in [0.25, 0.3) is 0 Å². The van der Waals surface area contributed by atoms with Crippen LogP contribution in [-0.4, -0.2) is 59.3 Å². The molecule has 14 heteroatoms. The molecule has 0 radical (unpaired) electrons. The van der Waals surface area contributed by atoms with Crippen LogP contribution in [0.5, 0.6) is 5.75 Å². The molecule has 4 aromatic heterocycles. The third-order valence-electron chi connectivity index (χ3n) is 6.74. The van der Waals surface area contributed by atoms with Crippen molar-refractivity contribution in [2.24, 2.45) is 0 Å². The standard InChI is InChI=1S/C25H22F3N9O2/c1-15-23(33-34-37(15)20-2-4-35(14-30)5-3-20)17-7-21(24-18(8-29)10-32-36(24)12-17)39-22(13-38)16-6-19(11-31-9-16)25(26,27)28/h6-7,9-12,20,22,38H,2-5,13H2,1H3. The number of aliphatic hydroxyl groups is 1. The monoisotopic (exact) mass is 537 g/mol. The highest BCUT2D eigenvalue weighted by Crippen LogP contribution is 2.35. The Morgan fingerprint density at radius 3 is 2.62 bits per heavy atom. The number of aliphatic hydroxyl groups excluding tert-OH is 1. The molecule has 0 saturated carbocycles. The van der Waals surface area contributed by atoms with E-state index in [1.807, 2.05) is 17.7 Å². The highest BCUT2D eigenvalue weighted by atomic mass is 19.4. The van der Waals surface area contributed by atoms with Crippen LogP contribution in [0.3, 0.4) is 0 Å². The molecule has 0 aliphatic carbocycles. The van der Waals surface area contributed by atoms with Crippen molar-refractivity contribution in [3.63, 3.8) is 0 Å². The van der Waals surface area contributed by atoms with Crippen molar-refractivity contribution in [3.05, 3.63) is 59.3 Å². The summed E-state index contributed by atoms with van der Waals surface area (Å²) >= 11 is 0. The van der Waals surface area contributed by atoms with Gasteiger partial charge in [-0.1, -0.05) is 5.21 Å². The first-order valence-electron chi connectivity index (χ1n) is 12.0. The van der Waals surface area contributed by atoms with Crippen molar-refractivity contribution in [1.82, 2.24) is 34.5 Å². The van der Waals surface area contributed by atoms with Gasteiger partial charge in [0.1, 0.15) is 34.7 Å². The maximum Gasteiger partial charge on any atom is 0.417 e. The Kier molecular flexibility index (Phi) is 6.80. The fourth-order valence-electron chi connectivity index (χ4n) is 4.70. The van der Waals surface area contributed by atoms with Gasteiger partial charge in [0.05, 0.1) is 30.1 Å². The zero-order valence-electron chi connectivity index (χ0n) is 20.7. The van der Waals surface area contributed by atoms with E-state index in [0.29, 0.717) is 30.5 Å². The number of nitrogens with zero attached hydrogens (tertiary/aromatic N) is 9. The first-order chi connectivity index (χ1) is 18.7. The molecule has 0 spiro atoms. The van der Waals surface area contributed by atoms with Crippen molar-refractivity contribution in [2.45, 2.75) is 38.1 Å². The van der Waals surface area contributed by atoms with Crippen molar-refractivity contribution in [2.75, 3.05) is 19.7 Å². The number of ether oxygens (including phenoxy) is 1. The Labute approximate surface area is 220 Å². The summed E-state index contributed by atoms with van der Waals surface area (Å²) in [5.41, 5.74) is 1.34. The number of hydrogen-bond donors (Lipinski definition) is 1. The third kappa shape index (κ3) is 4.94. The maximum absolute atomic E-state index is 13.3. The molecule has 5 heterocycles. The SMILES string of the molecule is Cc1c(-c2cc(OC(CO)c3cncc(C(F)(F)F)c3)c3c(C#N)cnn3c2)nnn1C1CCN(C#N)CC1. The van der Waals surface area contributed by atoms with Crippen LogP contribution in [0.25, 0.3) is 16.8 Å². The minimum absolute atomic E-state index is 0.0136. The quantitative estimate of drug-likeness (QED) is 0.366. The van der Waals surface area contributed by atoms with E-state index in [1.54, 1.807) is 17.2 Å². The average Bonchev–Trinajstić information content (AvgIpc) is 3.54. The number of halogens is 3. The van der Waals surface area contributed by atoms with Crippen LogP contribution in [-0.2, 0) is 6.18 Å². The fraction of sp³-hybridized carbons (Fsp3) is 0.360. The van der Waals surface area contributed by atoms with Gasteiger partial charge in [-0.3, -0.25) is 4.98 Å². The minimum Gasteiger partial charge on any atom is -0.481 e. The molecule has 5 rings (SSSR count). The maximum atomic E-state index is 13.3. The largest absolute Gasteiger partial charge is 0.481 e. The van der Waals surface area contributed by atoms with E-state index < -0.39 is 24.5 Å². The summed E-state index contributed by atoms with van der Waals surface area (Å²) in [5.74, 6) is 0.120. The zero-order valence-corrected chi connectivity index (χ0v) is 20.7. The van der Waals surface area contributed by atoms with Crippen LogP contribution < -0.4 is 4.74 Å². The van der Waals surface area contributed by atoms with Crippen molar-refractivity contribution in [1.29, 1.82) is 10.5 Å². The summed E-state index contributed by atoms with van der Waals surface area (Å²) in [7, 11) is 0. The molecule has 0 aromatic carbocycles. The number of likely N-dealkylation sites (tertiary alicyclic amines) is 1. The number of nitriles is 2. The average molecular weight is 538 g/mol. The van der Waals surface area contributed by atoms with Crippen molar-refractivity contribution < 1.29 is 23.0 Å². The van der Waals surface area contributed by atoms with Gasteiger partial charge in [-0.05, 0) is 31.9 Å². The molecule has 0 amide bonds. The molecule has 4 aromatic rings. The van der Waals surface area contributed by atoms with E-state index in [2.05, 4.69) is 26.6 Å². The summed E-state index contributed by atoms with van der Waals surface area (Å²) in [5, 5.41) is 41.7. The molecule has 1 saturated heterocycles. The number of alkyl halides is 3. The molecule has 1 aliphatic rings. The Balaban J connectivity index is 1.53. The highest BCUT2D eigenvalue weighted by molar-refractivity contribution is 5.74. The topological polar surface area (TPSA) is 141 Å². The first kappa shape index (κ1) is 25.9. The molecule has 0 bridgehead atoms. The van der Waals surface area contributed by atoms with Gasteiger partial charge in [0.2, 0.25) is 0 Å². The number of aromatic nitrogens is 6. The summed E-state index contributed by atoms with van der Waals surface area (Å²) in [6.07, 6.45) is 2.68. The Morgan fingerprint density at radius 2 is 1.95 bits per heavy atom. The van der Waals surface area contributed by atoms with Crippen LogP contribution in [0, 0.1) is 29.7 Å². The van der Waals surface area contributed by atoms with Gasteiger partial charge < -0.3 is 14.7 Å². The lowest BCUT2D eigenvalue weighted by Crippen LogP contribution is -2.31. The fourth-order valence-corrected chi connectivity index (χ4v) is 4.70. The molecule has 1 fully saturated rings. The highest BCUT2D eigenvalue weighted by Gasteiger charge is 2.32. The molecule has 11 nitrogen and oxygen atoms in total. The van der Waals surface area contributed by atoms with Crippen LogP contribution in [0.15, 0.2) is 36.9 Å². The molecular weight excluding hydrogens is 515 g/mol. The number of hydrogen-bond acceptors (Lipinski definition) is 9. The van der Waals surface area contributed by atoms with E-state index in [-0.39, 0.29) is 28.4 Å². The van der Waals surface area contributed by atoms with E-state index in [1.165, 1.54) is 16.9 Å². The van der Waals surface area contributed by atoms with Crippen LogP contribution in [0.4, 0.5) is 13.2 Å². The molecule has 39 heavy (non-hydrogen) atoms. The minimum atomic E-state index is -4.62. The van der Waals surface area contributed by atoms with Crippen molar-refractivity contribution in [3.8, 4) is 29.3 Å². The predicted octanol–water partition coefficient (Wildman–Crippen LogP) is 3.42. The Morgan fingerprint density at radius 1 is 1.18 bits per heavy atom. The van der Waals surface area contributed by atoms with Gasteiger partial charge in [0.15, 0.2) is 6.19 Å². The number of rotatable bonds is 6. The van der Waals surface area contributed by atoms with Crippen LogP contribution >= 0.6 is 0 Å². The summed E-state index contributed by atoms with van der Waals surface area (Å²) < 4.78 is 49.0. The second-order valence-corrected chi connectivity index (χ2v) is 9.14. The molecule has 1 atom stereocenters. The molecule has 1 unspecified atom stereocenters. The van der Waals surface area contributed by atoms with Gasteiger partial charge >= 0.3 is 6.18 Å². The number of fused-ring (bicyclic) bond motifs is 1. The van der Waals surface area contributed by atoms with Crippen LogP contribution in [0.2, 0.25) is 0 Å². The molecular formula is C25H22F3N9O2. The van der Waals surface area contributed by atoms with Gasteiger partial charge in [-0.2, -0.15) is 28.8 Å². The van der Waals surface area contributed by atoms with E-state index in [0.717, 1.165) is 24.6 Å². The lowest BCUT2D eigenvalue weighted by Gasteiger charge is -2.28. The first-order valence-corrected chi connectivity index (χ1v) is 12.0. The summed E-state index contributed by atoms with van der Waals surface area (Å²) in [4.78, 5) is 5.36. The second kappa shape index (κ2) is 10.2. The number of pyridine rings is 2. The smallest absolute Gasteiger partial charge is 0.417 e. The predicted molar refractivity (Wildman–Crippen MR) is 129 cm³/mol. The molecule has 1 aliphatic heterocycles.